The monoisotopic (exact) mass is 512 g/mol. The molecule has 0 radical (unpaired) electrons. The van der Waals surface area contributed by atoms with E-state index >= 15 is 0 Å². The molecule has 1 aromatic carbocycles. The highest BCUT2D eigenvalue weighted by atomic mass is 16.5. The van der Waals surface area contributed by atoms with Crippen LogP contribution >= 0.6 is 0 Å². The molecule has 11 nitrogen and oxygen atoms in total. The van der Waals surface area contributed by atoms with Crippen LogP contribution in [-0.2, 0) is 12.5 Å². The fraction of sp³-hybridized carbons (Fsp3) is 0.333. The second-order valence-electron chi connectivity index (χ2n) is 10.5. The number of carbonyl (C=O) groups excluding carboxylic acids is 1. The summed E-state index contributed by atoms with van der Waals surface area (Å²) in [4.78, 5) is 29.8. The highest BCUT2D eigenvalue weighted by Crippen LogP contribution is 2.37. The number of rotatable bonds is 4. The minimum absolute atomic E-state index is 0.0406. The molecule has 0 fully saturated rings. The van der Waals surface area contributed by atoms with Crippen molar-refractivity contribution >= 4 is 17.1 Å². The molecule has 0 saturated heterocycles. The third kappa shape index (κ3) is 4.40. The van der Waals surface area contributed by atoms with E-state index in [2.05, 4.69) is 35.5 Å². The zero-order chi connectivity index (χ0) is 26.4. The molecule has 0 bridgehead atoms. The van der Waals surface area contributed by atoms with Crippen molar-refractivity contribution in [2.24, 2.45) is 7.05 Å². The average Bonchev–Trinajstić information content (AvgIpc) is 3.62. The summed E-state index contributed by atoms with van der Waals surface area (Å²) in [5.74, 6) is 1.49. The van der Waals surface area contributed by atoms with Crippen molar-refractivity contribution in [3.63, 3.8) is 0 Å². The van der Waals surface area contributed by atoms with Crippen LogP contribution in [0.5, 0.6) is 5.75 Å². The van der Waals surface area contributed by atoms with Crippen LogP contribution in [0.3, 0.4) is 0 Å². The van der Waals surface area contributed by atoms with E-state index < -0.39 is 5.91 Å². The number of carbonyl (C=O) groups is 1. The standard InChI is InChI=1S/C27H28N8O3/c1-27(2,3)26-33-25(38-34-26)24(36)30-19-6-5-11-37-20-12-15(7-8-18(19)20)17-9-10-28-23-21(17)31-22(32-23)16-13-29-35(4)14-16/h7-10,12-14,19H,5-6,11H2,1-4H3,(H,30,36)(H,28,31,32)/t19-/m0/s1. The number of aromatic nitrogens is 7. The average molecular weight is 513 g/mol. The van der Waals surface area contributed by atoms with Gasteiger partial charge in [0.1, 0.15) is 11.6 Å². The van der Waals surface area contributed by atoms with Gasteiger partial charge >= 0.3 is 11.8 Å². The fourth-order valence-electron chi connectivity index (χ4n) is 4.56. The molecule has 0 spiro atoms. The van der Waals surface area contributed by atoms with Crippen LogP contribution in [0.4, 0.5) is 0 Å². The minimum atomic E-state index is -0.397. The summed E-state index contributed by atoms with van der Waals surface area (Å²) in [7, 11) is 1.87. The highest BCUT2D eigenvalue weighted by molar-refractivity contribution is 5.92. The first-order valence-electron chi connectivity index (χ1n) is 12.5. The van der Waals surface area contributed by atoms with Gasteiger partial charge in [-0.3, -0.25) is 9.48 Å². The number of ether oxygens (including phenoxy) is 1. The summed E-state index contributed by atoms with van der Waals surface area (Å²) in [6.45, 7) is 6.46. The van der Waals surface area contributed by atoms with Crippen molar-refractivity contribution in [2.45, 2.75) is 45.1 Å². The van der Waals surface area contributed by atoms with Crippen LogP contribution in [0.2, 0.25) is 0 Å². The van der Waals surface area contributed by atoms with E-state index in [0.717, 1.165) is 46.4 Å². The summed E-state index contributed by atoms with van der Waals surface area (Å²) < 4.78 is 13.1. The van der Waals surface area contributed by atoms with Gasteiger partial charge in [0.15, 0.2) is 11.5 Å². The number of aryl methyl sites for hydroxylation is 1. The lowest BCUT2D eigenvalue weighted by atomic mass is 9.96. The first-order valence-corrected chi connectivity index (χ1v) is 12.5. The van der Waals surface area contributed by atoms with Crippen LogP contribution in [0.25, 0.3) is 33.7 Å². The van der Waals surface area contributed by atoms with E-state index in [1.165, 1.54) is 0 Å². The number of pyridine rings is 1. The van der Waals surface area contributed by atoms with Gasteiger partial charge in [-0.1, -0.05) is 38.1 Å². The maximum Gasteiger partial charge on any atom is 0.315 e. The van der Waals surface area contributed by atoms with Crippen LogP contribution in [0, 0.1) is 0 Å². The third-order valence-electron chi connectivity index (χ3n) is 6.56. The molecule has 0 aliphatic carbocycles. The van der Waals surface area contributed by atoms with E-state index in [-0.39, 0.29) is 17.3 Å². The van der Waals surface area contributed by atoms with E-state index in [4.69, 9.17) is 9.26 Å². The van der Waals surface area contributed by atoms with Gasteiger partial charge < -0.3 is 19.6 Å². The molecule has 1 aliphatic rings. The maximum atomic E-state index is 13.0. The van der Waals surface area contributed by atoms with E-state index in [1.807, 2.05) is 58.3 Å². The number of nitrogens with zero attached hydrogens (tertiary/aromatic N) is 6. The number of fused-ring (bicyclic) bond motifs is 2. The SMILES string of the molecule is Cn1cc(-c2nc3nccc(-c4ccc5c(c4)OCCC[C@@H]5NC(=O)c4nc(C(C)(C)C)no4)c3[nH]2)cn1. The van der Waals surface area contributed by atoms with Crippen molar-refractivity contribution in [3.8, 4) is 28.3 Å². The van der Waals surface area contributed by atoms with Gasteiger partial charge in [0.05, 0.1) is 29.9 Å². The van der Waals surface area contributed by atoms with Gasteiger partial charge in [0, 0.05) is 36.0 Å². The molecule has 1 atom stereocenters. The molecule has 0 unspecified atom stereocenters. The Hall–Kier alpha value is -4.54. The molecule has 4 aromatic heterocycles. The molecule has 5 heterocycles. The zero-order valence-electron chi connectivity index (χ0n) is 21.6. The number of amides is 1. The molecule has 6 rings (SSSR count). The molecule has 5 aromatic rings. The fourth-order valence-corrected chi connectivity index (χ4v) is 4.56. The molecule has 11 heteroatoms. The predicted molar refractivity (Wildman–Crippen MR) is 139 cm³/mol. The Morgan fingerprint density at radius 1 is 1.18 bits per heavy atom. The number of aromatic amines is 1. The van der Waals surface area contributed by atoms with Crippen molar-refractivity contribution in [3.05, 3.63) is 60.1 Å². The molecule has 1 aliphatic heterocycles. The van der Waals surface area contributed by atoms with Crippen molar-refractivity contribution in [2.75, 3.05) is 6.61 Å². The second kappa shape index (κ2) is 9.09. The lowest BCUT2D eigenvalue weighted by Crippen LogP contribution is -2.28. The summed E-state index contributed by atoms with van der Waals surface area (Å²) in [5.41, 5.74) is 4.84. The Labute approximate surface area is 218 Å². The van der Waals surface area contributed by atoms with Gasteiger partial charge in [0.2, 0.25) is 0 Å². The first kappa shape index (κ1) is 23.8. The van der Waals surface area contributed by atoms with Gasteiger partial charge in [-0.15, -0.1) is 0 Å². The Morgan fingerprint density at radius 3 is 2.82 bits per heavy atom. The molecule has 2 N–H and O–H groups in total. The summed E-state index contributed by atoms with van der Waals surface area (Å²) in [5, 5.41) is 11.3. The Morgan fingerprint density at radius 2 is 2.05 bits per heavy atom. The van der Waals surface area contributed by atoms with Gasteiger partial charge in [0.25, 0.3) is 0 Å². The molecule has 1 amide bonds. The lowest BCUT2D eigenvalue weighted by molar-refractivity contribution is 0.0890. The number of nitrogens with one attached hydrogen (secondary N) is 2. The summed E-state index contributed by atoms with van der Waals surface area (Å²) in [6.07, 6.45) is 6.94. The Kier molecular flexibility index (Phi) is 5.70. The van der Waals surface area contributed by atoms with Gasteiger partial charge in [-0.2, -0.15) is 10.1 Å². The second-order valence-corrected chi connectivity index (χ2v) is 10.5. The summed E-state index contributed by atoms with van der Waals surface area (Å²) in [6, 6.07) is 7.73. The first-order chi connectivity index (χ1) is 18.3. The number of benzene rings is 1. The van der Waals surface area contributed by atoms with Crippen LogP contribution in [0.15, 0.2) is 47.4 Å². The largest absolute Gasteiger partial charge is 0.493 e. The van der Waals surface area contributed by atoms with Crippen LogP contribution < -0.4 is 10.1 Å². The lowest BCUT2D eigenvalue weighted by Gasteiger charge is -2.18. The zero-order valence-corrected chi connectivity index (χ0v) is 21.6. The van der Waals surface area contributed by atoms with Gasteiger partial charge in [-0.05, 0) is 30.5 Å². The van der Waals surface area contributed by atoms with Gasteiger partial charge in [-0.25, -0.2) is 9.97 Å². The Bertz CT molecular complexity index is 1640. The molecular weight excluding hydrogens is 484 g/mol. The minimum Gasteiger partial charge on any atom is -0.493 e. The van der Waals surface area contributed by atoms with E-state index in [1.54, 1.807) is 17.1 Å². The molecule has 38 heavy (non-hydrogen) atoms. The van der Waals surface area contributed by atoms with Crippen LogP contribution in [-0.4, -0.2) is 47.4 Å². The number of imidazole rings is 1. The number of hydrogen-bond acceptors (Lipinski definition) is 8. The van der Waals surface area contributed by atoms with Crippen molar-refractivity contribution < 1.29 is 14.1 Å². The highest BCUT2D eigenvalue weighted by Gasteiger charge is 2.27. The number of hydrogen-bond donors (Lipinski definition) is 2. The quantitative estimate of drug-likeness (QED) is 0.363. The predicted octanol–water partition coefficient (Wildman–Crippen LogP) is 4.35. The van der Waals surface area contributed by atoms with Crippen LogP contribution in [0.1, 0.15) is 61.7 Å². The molecular formula is C27H28N8O3. The smallest absolute Gasteiger partial charge is 0.315 e. The molecule has 0 saturated carbocycles. The molecule has 194 valence electrons. The van der Waals surface area contributed by atoms with Crippen molar-refractivity contribution in [1.29, 1.82) is 0 Å². The van der Waals surface area contributed by atoms with E-state index in [9.17, 15) is 4.79 Å². The van der Waals surface area contributed by atoms with E-state index in [0.29, 0.717) is 23.9 Å². The third-order valence-corrected chi connectivity index (χ3v) is 6.56. The normalized spacial score (nSPS) is 15.6. The van der Waals surface area contributed by atoms with Crippen molar-refractivity contribution in [1.82, 2.24) is 40.2 Å². The number of H-pyrrole nitrogens is 1. The maximum absolute atomic E-state index is 13.0. The topological polar surface area (TPSA) is 137 Å². The Balaban J connectivity index is 1.31. The summed E-state index contributed by atoms with van der Waals surface area (Å²) >= 11 is 0.